The maximum Gasteiger partial charge on any atom is 0.271 e. The molecule has 0 atom stereocenters. The van der Waals surface area contributed by atoms with E-state index in [1.54, 1.807) is 32.4 Å². The summed E-state index contributed by atoms with van der Waals surface area (Å²) in [7, 11) is 3.12. The summed E-state index contributed by atoms with van der Waals surface area (Å²) >= 11 is 5.80. The second kappa shape index (κ2) is 16.8. The van der Waals surface area contributed by atoms with Gasteiger partial charge in [-0.1, -0.05) is 39.3 Å². The van der Waals surface area contributed by atoms with Gasteiger partial charge in [0.1, 0.15) is 11.6 Å². The molecule has 250 valence electrons. The van der Waals surface area contributed by atoms with E-state index in [1.807, 2.05) is 26.0 Å². The van der Waals surface area contributed by atoms with Crippen LogP contribution in [0, 0.1) is 0 Å². The molecular weight excluding hydrogens is 628 g/mol. The molecule has 0 unspecified atom stereocenters. The Morgan fingerprint density at radius 3 is 1.64 bits per heavy atom. The maximum atomic E-state index is 11.6. The largest absolute Gasteiger partial charge is 0.481 e. The number of hydrogen-bond acceptors (Lipinski definition) is 14. The van der Waals surface area contributed by atoms with Gasteiger partial charge in [0.25, 0.3) is 11.8 Å². The van der Waals surface area contributed by atoms with Crippen LogP contribution in [-0.2, 0) is 0 Å². The Bertz CT molecular complexity index is 1700. The molecule has 2 amide bonds. The molecule has 0 spiro atoms. The number of carbonyl (C=O) groups excluding carboxylic acids is 2. The SMILES string of the molecule is COc1nc(Nc2cc(Cl)nnc2C(N)=O)ccc1C(C)C.COc1nc(Nc2cc(NCCN)nnc2C(N)=O)ccc1C(C)C. The highest BCUT2D eigenvalue weighted by molar-refractivity contribution is 6.29. The zero-order valence-corrected chi connectivity index (χ0v) is 27.7. The van der Waals surface area contributed by atoms with Crippen molar-refractivity contribution in [1.82, 2.24) is 30.4 Å². The first kappa shape index (κ1) is 36.1. The minimum atomic E-state index is -0.711. The van der Waals surface area contributed by atoms with Crippen molar-refractivity contribution in [2.24, 2.45) is 17.2 Å². The van der Waals surface area contributed by atoms with Crippen LogP contribution in [0.1, 0.15) is 71.6 Å². The second-order valence-electron chi connectivity index (χ2n) is 10.5. The quantitative estimate of drug-likeness (QED) is 0.119. The lowest BCUT2D eigenvalue weighted by atomic mass is 10.1. The number of hydrogen-bond donors (Lipinski definition) is 6. The van der Waals surface area contributed by atoms with Crippen molar-refractivity contribution in [2.75, 3.05) is 43.3 Å². The standard InChI is InChI=1S/C16H23N7O2.C14H16ClN5O2/c1-9(2)10-4-5-12(21-16(10)25-3)20-11-8-13(19-7-6-17)22-23-14(11)15(18)24;1-7(2)8-4-5-11(18-14(8)22-3)17-9-6-10(15)19-20-12(9)13(16)21/h4-5,8-9H,6-7,17H2,1-3H3,(H2,18,24)(H2,19,20,21,22);4-7H,1-3H3,(H2,16,21)(H,17,18,19). The fraction of sp³-hybridized carbons (Fsp3) is 0.333. The number of primary amides is 2. The van der Waals surface area contributed by atoms with Gasteiger partial charge in [-0.2, -0.15) is 9.97 Å². The van der Waals surface area contributed by atoms with Crippen LogP contribution < -0.4 is 42.6 Å². The molecule has 9 N–H and O–H groups in total. The molecule has 0 aliphatic carbocycles. The topological polar surface area (TPSA) is 244 Å². The third-order valence-corrected chi connectivity index (χ3v) is 6.60. The average molecular weight is 667 g/mol. The lowest BCUT2D eigenvalue weighted by Crippen LogP contribution is -2.19. The third-order valence-electron chi connectivity index (χ3n) is 6.41. The summed E-state index contributed by atoms with van der Waals surface area (Å²) in [6, 6.07) is 10.5. The molecule has 0 saturated carbocycles. The van der Waals surface area contributed by atoms with Crippen molar-refractivity contribution in [1.29, 1.82) is 0 Å². The van der Waals surface area contributed by atoms with Crippen molar-refractivity contribution < 1.29 is 19.1 Å². The molecule has 0 aliphatic rings. The van der Waals surface area contributed by atoms with Gasteiger partial charge < -0.3 is 42.6 Å². The van der Waals surface area contributed by atoms with E-state index in [2.05, 4.69) is 60.2 Å². The third kappa shape index (κ3) is 9.82. The molecule has 0 bridgehead atoms. The van der Waals surface area contributed by atoms with Gasteiger partial charge in [0.15, 0.2) is 22.4 Å². The number of carbonyl (C=O) groups is 2. The van der Waals surface area contributed by atoms with Gasteiger partial charge in [0.05, 0.1) is 25.6 Å². The molecule has 0 saturated heterocycles. The van der Waals surface area contributed by atoms with E-state index in [4.69, 9.17) is 38.3 Å². The number of nitrogens with two attached hydrogens (primary N) is 3. The minimum absolute atomic E-state index is 0.0156. The van der Waals surface area contributed by atoms with E-state index in [0.717, 1.165) is 11.1 Å². The number of methoxy groups -OCH3 is 2. The molecule has 0 aromatic carbocycles. The van der Waals surface area contributed by atoms with Gasteiger partial charge >= 0.3 is 0 Å². The van der Waals surface area contributed by atoms with Crippen LogP contribution in [0.4, 0.5) is 28.8 Å². The number of rotatable bonds is 13. The molecule has 0 aliphatic heterocycles. The molecule has 17 heteroatoms. The Morgan fingerprint density at radius 2 is 1.21 bits per heavy atom. The molecule has 4 aromatic heterocycles. The number of pyridine rings is 2. The van der Waals surface area contributed by atoms with Crippen LogP contribution >= 0.6 is 11.6 Å². The van der Waals surface area contributed by atoms with Crippen molar-refractivity contribution >= 4 is 52.2 Å². The number of nitrogens with zero attached hydrogens (tertiary/aromatic N) is 6. The van der Waals surface area contributed by atoms with E-state index >= 15 is 0 Å². The molecule has 0 radical (unpaired) electrons. The van der Waals surface area contributed by atoms with Crippen LogP contribution in [0.15, 0.2) is 36.4 Å². The van der Waals surface area contributed by atoms with Crippen LogP contribution in [-0.4, -0.2) is 69.5 Å². The van der Waals surface area contributed by atoms with Gasteiger partial charge in [0, 0.05) is 36.3 Å². The monoisotopic (exact) mass is 666 g/mol. The molecule has 4 aromatic rings. The van der Waals surface area contributed by atoms with Crippen LogP contribution in [0.5, 0.6) is 11.8 Å². The van der Waals surface area contributed by atoms with Crippen LogP contribution in [0.3, 0.4) is 0 Å². The van der Waals surface area contributed by atoms with Gasteiger partial charge in [-0.3, -0.25) is 9.59 Å². The number of anilines is 5. The highest BCUT2D eigenvalue weighted by atomic mass is 35.5. The molecule has 47 heavy (non-hydrogen) atoms. The fourth-order valence-electron chi connectivity index (χ4n) is 4.12. The minimum Gasteiger partial charge on any atom is -0.481 e. The van der Waals surface area contributed by atoms with Crippen LogP contribution in [0.2, 0.25) is 5.15 Å². The fourth-order valence-corrected chi connectivity index (χ4v) is 4.27. The first-order valence-electron chi connectivity index (χ1n) is 14.5. The first-order chi connectivity index (χ1) is 22.4. The van der Waals surface area contributed by atoms with Gasteiger partial charge in [-0.05, 0) is 36.1 Å². The van der Waals surface area contributed by atoms with Gasteiger partial charge in [0.2, 0.25) is 11.8 Å². The van der Waals surface area contributed by atoms with Crippen LogP contribution in [0.25, 0.3) is 0 Å². The van der Waals surface area contributed by atoms with E-state index in [0.29, 0.717) is 53.7 Å². The van der Waals surface area contributed by atoms with E-state index in [9.17, 15) is 9.59 Å². The Hall–Kier alpha value is -5.35. The predicted molar refractivity (Wildman–Crippen MR) is 180 cm³/mol. The summed E-state index contributed by atoms with van der Waals surface area (Å²) in [5.41, 5.74) is 18.8. The summed E-state index contributed by atoms with van der Waals surface area (Å²) in [4.78, 5) is 31.8. The number of amides is 2. The Balaban J connectivity index is 0.000000257. The summed E-state index contributed by atoms with van der Waals surface area (Å²) in [6.45, 7) is 9.17. The molecule has 16 nitrogen and oxygen atoms in total. The van der Waals surface area contributed by atoms with E-state index in [-0.39, 0.29) is 28.4 Å². The number of aromatic nitrogens is 6. The summed E-state index contributed by atoms with van der Waals surface area (Å²) in [5, 5.41) is 24.2. The molecular formula is C30H39ClN12O4. The van der Waals surface area contributed by atoms with Gasteiger partial charge in [-0.15, -0.1) is 20.4 Å². The Labute approximate surface area is 277 Å². The zero-order chi connectivity index (χ0) is 34.7. The predicted octanol–water partition coefficient (Wildman–Crippen LogP) is 3.72. The average Bonchev–Trinajstić information content (AvgIpc) is 3.03. The number of nitrogens with one attached hydrogen (secondary N) is 3. The highest BCUT2D eigenvalue weighted by Crippen LogP contribution is 2.29. The Morgan fingerprint density at radius 1 is 0.745 bits per heavy atom. The lowest BCUT2D eigenvalue weighted by Gasteiger charge is -2.14. The van der Waals surface area contributed by atoms with Crippen molar-refractivity contribution in [2.45, 2.75) is 39.5 Å². The van der Waals surface area contributed by atoms with E-state index < -0.39 is 11.8 Å². The first-order valence-corrected chi connectivity index (χ1v) is 14.8. The number of ether oxygens (including phenoxy) is 2. The second-order valence-corrected chi connectivity index (χ2v) is 10.9. The highest BCUT2D eigenvalue weighted by Gasteiger charge is 2.17. The van der Waals surface area contributed by atoms with Crippen molar-refractivity contribution in [3.63, 3.8) is 0 Å². The lowest BCUT2D eigenvalue weighted by molar-refractivity contribution is 0.0987. The molecule has 4 heterocycles. The number of halogens is 1. The van der Waals surface area contributed by atoms with Gasteiger partial charge in [-0.25, -0.2) is 0 Å². The maximum absolute atomic E-state index is 11.6. The molecule has 0 fully saturated rings. The van der Waals surface area contributed by atoms with Crippen molar-refractivity contribution in [3.05, 3.63) is 64.1 Å². The Kier molecular flexibility index (Phi) is 12.9. The summed E-state index contributed by atoms with van der Waals surface area (Å²) in [5.74, 6) is 1.63. The summed E-state index contributed by atoms with van der Waals surface area (Å²) < 4.78 is 10.6. The van der Waals surface area contributed by atoms with Crippen molar-refractivity contribution in [3.8, 4) is 11.8 Å². The normalized spacial score (nSPS) is 10.6. The smallest absolute Gasteiger partial charge is 0.271 e. The molecule has 4 rings (SSSR count). The van der Waals surface area contributed by atoms with E-state index in [1.165, 1.54) is 6.07 Å². The zero-order valence-electron chi connectivity index (χ0n) is 27.0. The summed E-state index contributed by atoms with van der Waals surface area (Å²) in [6.07, 6.45) is 0.